The van der Waals surface area contributed by atoms with Crippen LogP contribution in [0.15, 0.2) is 4.52 Å². The van der Waals surface area contributed by atoms with Gasteiger partial charge in [-0.2, -0.15) is 4.98 Å². The summed E-state index contributed by atoms with van der Waals surface area (Å²) in [6, 6.07) is 0. The van der Waals surface area contributed by atoms with Crippen molar-refractivity contribution in [1.29, 1.82) is 0 Å². The molecule has 2 rings (SSSR count). The summed E-state index contributed by atoms with van der Waals surface area (Å²) in [5.41, 5.74) is 0. The van der Waals surface area contributed by atoms with Crippen molar-refractivity contribution < 1.29 is 18.4 Å². The van der Waals surface area contributed by atoms with Crippen LogP contribution in [0.1, 0.15) is 36.9 Å². The number of halogens is 2. The minimum Gasteiger partial charge on any atom is -0.387 e. The van der Waals surface area contributed by atoms with Crippen LogP contribution in [0.5, 0.6) is 0 Å². The Balaban J connectivity index is 1.94. The van der Waals surface area contributed by atoms with Gasteiger partial charge in [-0.15, -0.1) is 0 Å². The molecule has 0 spiro atoms. The molecule has 1 unspecified atom stereocenters. The van der Waals surface area contributed by atoms with E-state index in [9.17, 15) is 8.78 Å². The van der Waals surface area contributed by atoms with Crippen molar-refractivity contribution in [2.75, 3.05) is 0 Å². The van der Waals surface area contributed by atoms with Gasteiger partial charge in [-0.05, 0) is 12.8 Å². The summed E-state index contributed by atoms with van der Waals surface area (Å²) in [5, 5.41) is 12.6. The third-order valence-electron chi connectivity index (χ3n) is 2.63. The molecule has 0 aromatic carbocycles. The first-order chi connectivity index (χ1) is 7.16. The maximum absolute atomic E-state index is 12.0. The van der Waals surface area contributed by atoms with Crippen LogP contribution in [0.3, 0.4) is 0 Å². The molecule has 6 heteroatoms. The number of rotatable bonds is 4. The number of aliphatic hydroxyl groups is 1. The highest BCUT2D eigenvalue weighted by molar-refractivity contribution is 5.00. The second-order valence-corrected chi connectivity index (χ2v) is 3.78. The lowest BCUT2D eigenvalue weighted by Crippen LogP contribution is -2.20. The van der Waals surface area contributed by atoms with E-state index < -0.39 is 12.5 Å². The second kappa shape index (κ2) is 4.22. The number of aromatic nitrogens is 2. The Labute approximate surface area is 85.3 Å². The highest BCUT2D eigenvalue weighted by Gasteiger charge is 2.26. The predicted molar refractivity (Wildman–Crippen MR) is 46.6 cm³/mol. The Morgan fingerprint density at radius 3 is 2.73 bits per heavy atom. The maximum atomic E-state index is 12.0. The number of hydrogen-bond donors (Lipinski definition) is 1. The number of hydrogen-bond acceptors (Lipinski definition) is 4. The molecule has 1 aliphatic carbocycles. The molecular formula is C9H12F2N2O2. The summed E-state index contributed by atoms with van der Waals surface area (Å²) < 4.78 is 28.8. The highest BCUT2D eigenvalue weighted by atomic mass is 19.3. The Bertz CT molecular complexity index is 326. The molecule has 0 amide bonds. The maximum Gasteiger partial charge on any atom is 0.264 e. The fraction of sp³-hybridized carbons (Fsp3) is 0.778. The van der Waals surface area contributed by atoms with Crippen LogP contribution in [-0.2, 0) is 6.42 Å². The summed E-state index contributed by atoms with van der Waals surface area (Å²) in [6.45, 7) is 0. The van der Waals surface area contributed by atoms with Crippen molar-refractivity contribution in [3.8, 4) is 0 Å². The molecule has 1 aromatic rings. The monoisotopic (exact) mass is 218 g/mol. The number of aliphatic hydroxyl groups excluding tert-OH is 1. The fourth-order valence-corrected chi connectivity index (χ4v) is 1.45. The molecule has 1 aliphatic rings. The van der Waals surface area contributed by atoms with Crippen LogP contribution in [0.2, 0.25) is 0 Å². The van der Waals surface area contributed by atoms with E-state index in [1.54, 1.807) is 0 Å². The van der Waals surface area contributed by atoms with Gasteiger partial charge in [0.1, 0.15) is 6.10 Å². The first-order valence-corrected chi connectivity index (χ1v) is 4.95. The average molecular weight is 218 g/mol. The lowest BCUT2D eigenvalue weighted by molar-refractivity contribution is -0.00754. The molecule has 0 radical (unpaired) electrons. The molecule has 1 aromatic heterocycles. The largest absolute Gasteiger partial charge is 0.387 e. The van der Waals surface area contributed by atoms with Crippen molar-refractivity contribution >= 4 is 0 Å². The van der Waals surface area contributed by atoms with Crippen LogP contribution >= 0.6 is 0 Å². The van der Waals surface area contributed by atoms with Crippen LogP contribution in [0.4, 0.5) is 8.78 Å². The van der Waals surface area contributed by atoms with Crippen molar-refractivity contribution in [2.24, 2.45) is 0 Å². The van der Waals surface area contributed by atoms with Crippen LogP contribution < -0.4 is 0 Å². The Morgan fingerprint density at radius 2 is 2.20 bits per heavy atom. The van der Waals surface area contributed by atoms with Gasteiger partial charge in [-0.3, -0.25) is 0 Å². The lowest BCUT2D eigenvalue weighted by Gasteiger charge is -2.20. The molecule has 1 N–H and O–H groups in total. The summed E-state index contributed by atoms with van der Waals surface area (Å²) in [6.07, 6.45) is -1.58. The molecule has 0 aliphatic heterocycles. The van der Waals surface area contributed by atoms with Crippen molar-refractivity contribution in [2.45, 2.75) is 44.1 Å². The van der Waals surface area contributed by atoms with Crippen molar-refractivity contribution in [1.82, 2.24) is 10.1 Å². The third-order valence-corrected chi connectivity index (χ3v) is 2.63. The topological polar surface area (TPSA) is 59.2 Å². The Hall–Kier alpha value is -1.04. The van der Waals surface area contributed by atoms with E-state index in [4.69, 9.17) is 9.63 Å². The van der Waals surface area contributed by atoms with Gasteiger partial charge < -0.3 is 9.63 Å². The van der Waals surface area contributed by atoms with Gasteiger partial charge in [-0.1, -0.05) is 11.6 Å². The Kier molecular flexibility index (Phi) is 2.95. The first-order valence-electron chi connectivity index (χ1n) is 4.95. The van der Waals surface area contributed by atoms with Gasteiger partial charge in [-0.25, -0.2) is 8.78 Å². The van der Waals surface area contributed by atoms with Gasteiger partial charge in [0.05, 0.1) is 6.42 Å². The van der Waals surface area contributed by atoms with Gasteiger partial charge >= 0.3 is 0 Å². The van der Waals surface area contributed by atoms with Gasteiger partial charge in [0.25, 0.3) is 6.43 Å². The fourth-order valence-electron chi connectivity index (χ4n) is 1.45. The van der Waals surface area contributed by atoms with E-state index in [0.29, 0.717) is 11.7 Å². The molecule has 84 valence electrons. The standard InChI is InChI=1S/C9H12F2N2O2/c10-8(11)6(14)4-7-12-9(13-15-7)5-2-1-3-5/h5-6,8,14H,1-4H2. The summed E-state index contributed by atoms with van der Waals surface area (Å²) in [7, 11) is 0. The van der Waals surface area contributed by atoms with Crippen LogP contribution in [-0.4, -0.2) is 27.8 Å². The SMILES string of the molecule is OC(Cc1nc(C2CCC2)no1)C(F)F. The minimum absolute atomic E-state index is 0.0877. The molecule has 4 nitrogen and oxygen atoms in total. The molecule has 15 heavy (non-hydrogen) atoms. The minimum atomic E-state index is -2.77. The second-order valence-electron chi connectivity index (χ2n) is 3.78. The highest BCUT2D eigenvalue weighted by Crippen LogP contribution is 2.34. The summed E-state index contributed by atoms with van der Waals surface area (Å²) in [5.74, 6) is 0.980. The zero-order valence-corrected chi connectivity index (χ0v) is 8.07. The predicted octanol–water partition coefficient (Wildman–Crippen LogP) is 1.51. The smallest absolute Gasteiger partial charge is 0.264 e. The summed E-state index contributed by atoms with van der Waals surface area (Å²) >= 11 is 0. The molecular weight excluding hydrogens is 206 g/mol. The van der Waals surface area contributed by atoms with Crippen LogP contribution in [0, 0.1) is 0 Å². The molecule has 0 saturated heterocycles. The molecule has 1 fully saturated rings. The van der Waals surface area contributed by atoms with Crippen molar-refractivity contribution in [3.05, 3.63) is 11.7 Å². The van der Waals surface area contributed by atoms with Crippen molar-refractivity contribution in [3.63, 3.8) is 0 Å². The van der Waals surface area contributed by atoms with E-state index in [2.05, 4.69) is 10.1 Å². The molecule has 1 heterocycles. The number of alkyl halides is 2. The molecule has 1 saturated carbocycles. The third kappa shape index (κ3) is 2.31. The van der Waals surface area contributed by atoms with E-state index in [0.717, 1.165) is 19.3 Å². The van der Waals surface area contributed by atoms with Gasteiger partial charge in [0.15, 0.2) is 5.82 Å². The number of nitrogens with zero attached hydrogens (tertiary/aromatic N) is 2. The molecule has 0 bridgehead atoms. The van der Waals surface area contributed by atoms with Gasteiger partial charge in [0, 0.05) is 5.92 Å². The zero-order chi connectivity index (χ0) is 10.8. The summed E-state index contributed by atoms with van der Waals surface area (Å²) in [4.78, 5) is 3.98. The van der Waals surface area contributed by atoms with Gasteiger partial charge in [0.2, 0.25) is 5.89 Å². The van der Waals surface area contributed by atoms with E-state index in [1.807, 2.05) is 0 Å². The quantitative estimate of drug-likeness (QED) is 0.832. The van der Waals surface area contributed by atoms with E-state index in [-0.39, 0.29) is 12.3 Å². The average Bonchev–Trinajstić information content (AvgIpc) is 2.49. The first kappa shape index (κ1) is 10.5. The van der Waals surface area contributed by atoms with Crippen LogP contribution in [0.25, 0.3) is 0 Å². The normalized spacial score (nSPS) is 19.2. The lowest BCUT2D eigenvalue weighted by atomic mass is 9.85. The van der Waals surface area contributed by atoms with E-state index in [1.165, 1.54) is 0 Å². The Morgan fingerprint density at radius 1 is 1.47 bits per heavy atom. The zero-order valence-electron chi connectivity index (χ0n) is 8.07. The van der Waals surface area contributed by atoms with E-state index >= 15 is 0 Å². The molecule has 1 atom stereocenters.